The van der Waals surface area contributed by atoms with Crippen LogP contribution in [0.2, 0.25) is 0 Å². The first kappa shape index (κ1) is 11.4. The van der Waals surface area contributed by atoms with Crippen molar-refractivity contribution in [1.82, 2.24) is 5.32 Å². The summed E-state index contributed by atoms with van der Waals surface area (Å²) in [5, 5.41) is 13.4. The lowest BCUT2D eigenvalue weighted by Gasteiger charge is -2.32. The second kappa shape index (κ2) is 4.85. The van der Waals surface area contributed by atoms with Crippen molar-refractivity contribution < 1.29 is 9.84 Å². The van der Waals surface area contributed by atoms with Gasteiger partial charge in [0.2, 0.25) is 0 Å². The van der Waals surface area contributed by atoms with Gasteiger partial charge in [-0.1, -0.05) is 12.1 Å². The van der Waals surface area contributed by atoms with Crippen molar-refractivity contribution in [2.45, 2.75) is 25.4 Å². The van der Waals surface area contributed by atoms with Crippen molar-refractivity contribution in [1.29, 1.82) is 0 Å². The Morgan fingerprint density at radius 1 is 1.50 bits per heavy atom. The van der Waals surface area contributed by atoms with Crippen LogP contribution in [0.3, 0.4) is 0 Å². The molecule has 1 aliphatic heterocycles. The van der Waals surface area contributed by atoms with Crippen LogP contribution < -0.4 is 10.1 Å². The van der Waals surface area contributed by atoms with Crippen molar-refractivity contribution >= 4 is 0 Å². The van der Waals surface area contributed by atoms with E-state index < -0.39 is 5.60 Å². The molecule has 1 aliphatic rings. The van der Waals surface area contributed by atoms with E-state index in [4.69, 9.17) is 4.74 Å². The van der Waals surface area contributed by atoms with Gasteiger partial charge in [-0.2, -0.15) is 0 Å². The first-order valence-electron chi connectivity index (χ1n) is 5.81. The lowest BCUT2D eigenvalue weighted by atomic mass is 9.95. The molecular formula is C13H19NO2. The third-order valence-corrected chi connectivity index (χ3v) is 2.95. The van der Waals surface area contributed by atoms with Crippen LogP contribution in [0.25, 0.3) is 0 Å². The Bertz CT molecular complexity index is 346. The molecule has 1 aromatic rings. The van der Waals surface area contributed by atoms with Gasteiger partial charge in [0.25, 0.3) is 0 Å². The number of hydrogen-bond donors (Lipinski definition) is 2. The van der Waals surface area contributed by atoms with Gasteiger partial charge in [-0.25, -0.2) is 0 Å². The highest BCUT2D eigenvalue weighted by Crippen LogP contribution is 2.19. The predicted molar refractivity (Wildman–Crippen MR) is 63.7 cm³/mol. The standard InChI is InChI=1S/C13H19NO2/c1-11-4-2-5-12(8-11)16-10-13(15)6-3-7-14-9-13/h2,4-5,8,14-15H,3,6-7,9-10H2,1H3/t13-/m1/s1. The second-order valence-electron chi connectivity index (χ2n) is 4.61. The largest absolute Gasteiger partial charge is 0.491 e. The lowest BCUT2D eigenvalue weighted by Crippen LogP contribution is -2.49. The first-order valence-corrected chi connectivity index (χ1v) is 5.81. The third kappa shape index (κ3) is 2.97. The van der Waals surface area contributed by atoms with Crippen LogP contribution in [0.5, 0.6) is 5.75 Å². The molecule has 0 saturated carbocycles. The number of aryl methyl sites for hydroxylation is 1. The molecule has 1 fully saturated rings. The zero-order chi connectivity index (χ0) is 11.4. The van der Waals surface area contributed by atoms with E-state index in [1.807, 2.05) is 31.2 Å². The van der Waals surface area contributed by atoms with E-state index in [9.17, 15) is 5.11 Å². The Morgan fingerprint density at radius 3 is 3.06 bits per heavy atom. The maximum atomic E-state index is 10.2. The van der Waals surface area contributed by atoms with Crippen LogP contribution in [0.4, 0.5) is 0 Å². The zero-order valence-electron chi connectivity index (χ0n) is 9.70. The van der Waals surface area contributed by atoms with Gasteiger partial charge in [0.1, 0.15) is 18.0 Å². The quantitative estimate of drug-likeness (QED) is 0.812. The van der Waals surface area contributed by atoms with Gasteiger partial charge in [0, 0.05) is 6.54 Å². The maximum Gasteiger partial charge on any atom is 0.119 e. The molecule has 0 bridgehead atoms. The van der Waals surface area contributed by atoms with Crippen LogP contribution in [-0.2, 0) is 0 Å². The number of hydrogen-bond acceptors (Lipinski definition) is 3. The number of piperidine rings is 1. The highest BCUT2D eigenvalue weighted by Gasteiger charge is 2.29. The van der Waals surface area contributed by atoms with Crippen molar-refractivity contribution in [2.75, 3.05) is 19.7 Å². The third-order valence-electron chi connectivity index (χ3n) is 2.95. The number of β-amino-alcohol motifs (C(OH)–C–C–N with tert-alkyl or cyclic N) is 1. The Hall–Kier alpha value is -1.06. The minimum absolute atomic E-state index is 0.365. The summed E-state index contributed by atoms with van der Waals surface area (Å²) in [6, 6.07) is 7.91. The van der Waals surface area contributed by atoms with Crippen molar-refractivity contribution in [3.63, 3.8) is 0 Å². The van der Waals surface area contributed by atoms with Crippen LogP contribution >= 0.6 is 0 Å². The number of ether oxygens (including phenoxy) is 1. The molecule has 0 aliphatic carbocycles. The number of nitrogens with one attached hydrogen (secondary N) is 1. The SMILES string of the molecule is Cc1cccc(OC[C@@]2(O)CCCNC2)c1. The van der Waals surface area contributed by atoms with Crippen LogP contribution in [0.15, 0.2) is 24.3 Å². The molecule has 1 atom stereocenters. The average molecular weight is 221 g/mol. The van der Waals surface area contributed by atoms with Gasteiger partial charge >= 0.3 is 0 Å². The summed E-state index contributed by atoms with van der Waals surface area (Å²) in [7, 11) is 0. The summed E-state index contributed by atoms with van der Waals surface area (Å²) in [4.78, 5) is 0. The highest BCUT2D eigenvalue weighted by atomic mass is 16.5. The van der Waals surface area contributed by atoms with E-state index in [0.29, 0.717) is 13.2 Å². The molecule has 1 heterocycles. The van der Waals surface area contributed by atoms with Gasteiger partial charge in [0.15, 0.2) is 0 Å². The fourth-order valence-corrected chi connectivity index (χ4v) is 2.00. The summed E-state index contributed by atoms with van der Waals surface area (Å²) in [5.74, 6) is 0.832. The highest BCUT2D eigenvalue weighted by molar-refractivity contribution is 5.27. The van der Waals surface area contributed by atoms with Crippen LogP contribution in [0, 0.1) is 6.92 Å². The van der Waals surface area contributed by atoms with E-state index >= 15 is 0 Å². The second-order valence-corrected chi connectivity index (χ2v) is 4.61. The monoisotopic (exact) mass is 221 g/mol. The van der Waals surface area contributed by atoms with Crippen molar-refractivity contribution in [3.05, 3.63) is 29.8 Å². The van der Waals surface area contributed by atoms with Crippen molar-refractivity contribution in [2.24, 2.45) is 0 Å². The predicted octanol–water partition coefficient (Wildman–Crippen LogP) is 1.49. The molecule has 1 aromatic carbocycles. The summed E-state index contributed by atoms with van der Waals surface area (Å²) >= 11 is 0. The Balaban J connectivity index is 1.91. The topological polar surface area (TPSA) is 41.5 Å². The van der Waals surface area contributed by atoms with E-state index in [1.54, 1.807) is 0 Å². The number of aliphatic hydroxyl groups is 1. The molecule has 0 radical (unpaired) electrons. The average Bonchev–Trinajstić information content (AvgIpc) is 2.28. The molecule has 2 rings (SSSR count). The van der Waals surface area contributed by atoms with E-state index in [2.05, 4.69) is 5.32 Å². The van der Waals surface area contributed by atoms with Crippen LogP contribution in [0.1, 0.15) is 18.4 Å². The summed E-state index contributed by atoms with van der Waals surface area (Å²) in [6.07, 6.45) is 1.82. The lowest BCUT2D eigenvalue weighted by molar-refractivity contribution is -0.0230. The molecule has 0 spiro atoms. The molecule has 0 aromatic heterocycles. The molecule has 16 heavy (non-hydrogen) atoms. The molecule has 0 unspecified atom stereocenters. The molecule has 2 N–H and O–H groups in total. The van der Waals surface area contributed by atoms with Crippen molar-refractivity contribution in [3.8, 4) is 5.75 Å². The molecule has 1 saturated heterocycles. The molecule has 3 nitrogen and oxygen atoms in total. The van der Waals surface area contributed by atoms with Gasteiger partial charge in [0.05, 0.1) is 0 Å². The molecule has 3 heteroatoms. The Labute approximate surface area is 96.4 Å². The molecule has 0 amide bonds. The minimum atomic E-state index is -0.706. The smallest absolute Gasteiger partial charge is 0.119 e. The minimum Gasteiger partial charge on any atom is -0.491 e. The van der Waals surface area contributed by atoms with Gasteiger partial charge < -0.3 is 15.2 Å². The van der Waals surface area contributed by atoms with Crippen LogP contribution in [-0.4, -0.2) is 30.4 Å². The Morgan fingerprint density at radius 2 is 2.38 bits per heavy atom. The molecule has 88 valence electrons. The maximum absolute atomic E-state index is 10.2. The van der Waals surface area contributed by atoms with E-state index in [-0.39, 0.29) is 0 Å². The summed E-state index contributed by atoms with van der Waals surface area (Å²) in [6.45, 7) is 4.01. The number of rotatable bonds is 3. The fraction of sp³-hybridized carbons (Fsp3) is 0.538. The molecular weight excluding hydrogens is 202 g/mol. The Kier molecular flexibility index (Phi) is 3.46. The number of benzene rings is 1. The van der Waals surface area contributed by atoms with Gasteiger partial charge in [-0.15, -0.1) is 0 Å². The van der Waals surface area contributed by atoms with E-state index in [1.165, 1.54) is 5.56 Å². The summed E-state index contributed by atoms with van der Waals surface area (Å²) in [5.41, 5.74) is 0.466. The first-order chi connectivity index (χ1) is 7.68. The fourth-order valence-electron chi connectivity index (χ4n) is 2.00. The van der Waals surface area contributed by atoms with Gasteiger partial charge in [-0.3, -0.25) is 0 Å². The van der Waals surface area contributed by atoms with E-state index in [0.717, 1.165) is 25.1 Å². The normalized spacial score (nSPS) is 25.4. The van der Waals surface area contributed by atoms with Gasteiger partial charge in [-0.05, 0) is 44.0 Å². The summed E-state index contributed by atoms with van der Waals surface area (Å²) < 4.78 is 5.64. The zero-order valence-corrected chi connectivity index (χ0v) is 9.70.